The summed E-state index contributed by atoms with van der Waals surface area (Å²) in [6.45, 7) is 9.61. The standard InChI is InChI=1S/C85H70N4O/c1-4-60-26-28-62(29-27-60)57-90-58-63-32-36-66(37-33-63)68-42-49-82-78(53-68)79-55-76(47-50-83(79)88(82)72-22-14-8-15-23-72)86(70-18-10-6-11-19-70)74-43-38-64(39-44-74)65-40-45-75(46-41-65)87(71-20-12-7-13-21-71)77-48-51-84-80(56-77)81-54-69(67-34-30-61(5-2)31-35-67)52-59(3)85(81)89(84)73-24-16-9-17-25-73/h4,6-45,47-51,53-56,59,75H,1,5,46,52,57-58H2,2-3H3. The molecule has 0 amide bonds. The molecule has 0 saturated carbocycles. The molecular weight excluding hydrogens is 1090 g/mol. The molecule has 13 aromatic rings. The van der Waals surface area contributed by atoms with Crippen molar-refractivity contribution in [2.45, 2.75) is 58.3 Å². The van der Waals surface area contributed by atoms with Crippen molar-refractivity contribution in [3.8, 4) is 22.5 Å². The Balaban J connectivity index is 0.735. The molecule has 5 heteroatoms. The number of ether oxygens (including phenoxy) is 1. The molecule has 90 heavy (non-hydrogen) atoms. The van der Waals surface area contributed by atoms with Gasteiger partial charge in [-0.1, -0.05) is 209 Å². The predicted molar refractivity (Wildman–Crippen MR) is 380 cm³/mol. The predicted octanol–water partition coefficient (Wildman–Crippen LogP) is 22.4. The largest absolute Gasteiger partial charge is 0.372 e. The molecule has 0 radical (unpaired) electrons. The summed E-state index contributed by atoms with van der Waals surface area (Å²) in [7, 11) is 0. The fraction of sp³-hybridized carbons (Fsp3) is 0.106. The van der Waals surface area contributed by atoms with Crippen molar-refractivity contribution in [3.05, 3.63) is 342 Å². The van der Waals surface area contributed by atoms with E-state index in [9.17, 15) is 0 Å². The number of anilines is 5. The lowest BCUT2D eigenvalue weighted by atomic mass is 9.84. The maximum Gasteiger partial charge on any atom is 0.0721 e. The minimum Gasteiger partial charge on any atom is -0.372 e. The minimum atomic E-state index is 0.0951. The van der Waals surface area contributed by atoms with E-state index in [1.165, 1.54) is 83.4 Å². The first-order chi connectivity index (χ1) is 44.4. The van der Waals surface area contributed by atoms with Crippen LogP contribution in [0.25, 0.3) is 78.5 Å². The van der Waals surface area contributed by atoms with E-state index in [4.69, 9.17) is 4.74 Å². The van der Waals surface area contributed by atoms with Crippen molar-refractivity contribution in [2.75, 3.05) is 9.80 Å². The molecule has 0 aliphatic heterocycles. The monoisotopic (exact) mass is 1160 g/mol. The zero-order valence-electron chi connectivity index (χ0n) is 51.0. The zero-order chi connectivity index (χ0) is 60.5. The van der Waals surface area contributed by atoms with E-state index in [1.54, 1.807) is 0 Å². The number of para-hydroxylation sites is 4. The van der Waals surface area contributed by atoms with Crippen LogP contribution < -0.4 is 9.80 Å². The van der Waals surface area contributed by atoms with Crippen LogP contribution >= 0.6 is 0 Å². The van der Waals surface area contributed by atoms with Crippen LogP contribution in [0.1, 0.15) is 77.2 Å². The van der Waals surface area contributed by atoms with Gasteiger partial charge in [-0.2, -0.15) is 0 Å². The number of aromatic nitrogens is 2. The van der Waals surface area contributed by atoms with Crippen LogP contribution in [0.4, 0.5) is 28.4 Å². The highest BCUT2D eigenvalue weighted by Gasteiger charge is 2.29. The molecule has 2 atom stereocenters. The molecule has 11 aromatic carbocycles. The van der Waals surface area contributed by atoms with Crippen LogP contribution in [0.3, 0.4) is 0 Å². The van der Waals surface area contributed by atoms with Gasteiger partial charge < -0.3 is 23.7 Å². The molecule has 15 rings (SSSR count). The van der Waals surface area contributed by atoms with E-state index in [0.29, 0.717) is 19.1 Å². The summed E-state index contributed by atoms with van der Waals surface area (Å²) in [4.78, 5) is 4.92. The summed E-state index contributed by atoms with van der Waals surface area (Å²) in [6.07, 6.45) is 14.4. The molecule has 2 unspecified atom stereocenters. The van der Waals surface area contributed by atoms with E-state index in [1.807, 2.05) is 6.08 Å². The van der Waals surface area contributed by atoms with Gasteiger partial charge >= 0.3 is 0 Å². The number of benzene rings is 11. The summed E-state index contributed by atoms with van der Waals surface area (Å²) in [5.74, 6) is 0.326. The highest BCUT2D eigenvalue weighted by atomic mass is 16.5. The first-order valence-corrected chi connectivity index (χ1v) is 31.7. The Hall–Kier alpha value is -10.7. The molecule has 0 saturated heterocycles. The van der Waals surface area contributed by atoms with Crippen LogP contribution in [-0.4, -0.2) is 15.2 Å². The van der Waals surface area contributed by atoms with E-state index < -0.39 is 0 Å². The molecule has 0 N–H and O–H groups in total. The molecule has 5 nitrogen and oxygen atoms in total. The summed E-state index contributed by atoms with van der Waals surface area (Å²) in [6, 6.07) is 100.0. The quantitative estimate of drug-likeness (QED) is 0.0909. The Morgan fingerprint density at radius 2 is 0.989 bits per heavy atom. The maximum atomic E-state index is 6.14. The van der Waals surface area contributed by atoms with Gasteiger partial charge in [-0.15, -0.1) is 0 Å². The van der Waals surface area contributed by atoms with E-state index in [-0.39, 0.29) is 6.04 Å². The zero-order valence-corrected chi connectivity index (χ0v) is 51.0. The van der Waals surface area contributed by atoms with Crippen LogP contribution in [-0.2, 0) is 24.4 Å². The number of hydrogen-bond donors (Lipinski definition) is 0. The molecule has 0 spiro atoms. The Labute approximate surface area is 528 Å². The minimum absolute atomic E-state index is 0.0951. The van der Waals surface area contributed by atoms with Crippen molar-refractivity contribution in [1.29, 1.82) is 0 Å². The second-order valence-electron chi connectivity index (χ2n) is 24.0. The van der Waals surface area contributed by atoms with Gasteiger partial charge in [-0.05, 0) is 190 Å². The Bertz CT molecular complexity index is 4830. The van der Waals surface area contributed by atoms with Gasteiger partial charge in [-0.25, -0.2) is 0 Å². The third-order valence-electron chi connectivity index (χ3n) is 18.3. The lowest BCUT2D eigenvalue weighted by Crippen LogP contribution is -2.30. The SMILES string of the molecule is C=Cc1ccc(COCc2ccc(-c3ccc4c(c3)c3cc(N(c5ccccc5)c5ccc(C6=CCC(N(c7ccccc7)c7ccc8c(c7)c7c(n8-c8ccccc8)C(C)CC(c8ccc(CC)cc8)=C7)C=C6)cc5)ccc3n4-c3ccccc3)cc2)cc1. The van der Waals surface area contributed by atoms with Crippen molar-refractivity contribution < 1.29 is 4.74 Å². The van der Waals surface area contributed by atoms with Crippen molar-refractivity contribution in [1.82, 2.24) is 9.13 Å². The van der Waals surface area contributed by atoms with Crippen molar-refractivity contribution >= 4 is 84.4 Å². The number of aryl methyl sites for hydroxylation is 1. The fourth-order valence-corrected chi connectivity index (χ4v) is 13.8. The van der Waals surface area contributed by atoms with Gasteiger partial charge in [0.2, 0.25) is 0 Å². The lowest BCUT2D eigenvalue weighted by Gasteiger charge is -2.33. The average Bonchev–Trinajstić information content (AvgIpc) is 2.36. The first-order valence-electron chi connectivity index (χ1n) is 31.7. The van der Waals surface area contributed by atoms with Gasteiger partial charge in [-0.3, -0.25) is 0 Å². The van der Waals surface area contributed by atoms with Crippen LogP contribution in [0, 0.1) is 0 Å². The molecule has 0 bridgehead atoms. The fourth-order valence-electron chi connectivity index (χ4n) is 13.8. The van der Waals surface area contributed by atoms with Crippen LogP contribution in [0.15, 0.2) is 298 Å². The van der Waals surface area contributed by atoms with Gasteiger partial charge in [0.1, 0.15) is 0 Å². The van der Waals surface area contributed by atoms with Crippen molar-refractivity contribution in [2.24, 2.45) is 0 Å². The lowest BCUT2D eigenvalue weighted by molar-refractivity contribution is 0.107. The topological polar surface area (TPSA) is 25.6 Å². The molecule has 2 aliphatic rings. The van der Waals surface area contributed by atoms with E-state index in [2.05, 4.69) is 337 Å². The summed E-state index contributed by atoms with van der Waals surface area (Å²) in [5, 5.41) is 3.66. The highest BCUT2D eigenvalue weighted by Crippen LogP contribution is 2.47. The Kier molecular flexibility index (Phi) is 15.2. The van der Waals surface area contributed by atoms with E-state index in [0.717, 1.165) is 75.3 Å². The molecule has 2 aromatic heterocycles. The number of rotatable bonds is 17. The summed E-state index contributed by atoms with van der Waals surface area (Å²) >= 11 is 0. The van der Waals surface area contributed by atoms with Crippen LogP contribution in [0.2, 0.25) is 0 Å². The van der Waals surface area contributed by atoms with Crippen LogP contribution in [0.5, 0.6) is 0 Å². The smallest absolute Gasteiger partial charge is 0.0721 e. The highest BCUT2D eigenvalue weighted by molar-refractivity contribution is 6.12. The van der Waals surface area contributed by atoms with Gasteiger partial charge in [0.05, 0.1) is 35.8 Å². The third-order valence-corrected chi connectivity index (χ3v) is 18.3. The molecule has 2 heterocycles. The summed E-state index contributed by atoms with van der Waals surface area (Å²) in [5.41, 5.74) is 26.4. The second-order valence-corrected chi connectivity index (χ2v) is 24.0. The molecular formula is C85H70N4O. The maximum absolute atomic E-state index is 6.14. The second kappa shape index (κ2) is 24.4. The van der Waals surface area contributed by atoms with Gasteiger partial charge in [0.15, 0.2) is 0 Å². The number of nitrogens with zero attached hydrogens (tertiary/aromatic N) is 4. The first kappa shape index (κ1) is 55.8. The third kappa shape index (κ3) is 10.8. The number of hydrogen-bond acceptors (Lipinski definition) is 3. The molecule has 0 fully saturated rings. The number of allylic oxidation sites excluding steroid dienone is 3. The van der Waals surface area contributed by atoms with Crippen molar-refractivity contribution in [3.63, 3.8) is 0 Å². The Morgan fingerprint density at radius 1 is 0.478 bits per heavy atom. The van der Waals surface area contributed by atoms with E-state index >= 15 is 0 Å². The van der Waals surface area contributed by atoms with Gasteiger partial charge in [0, 0.05) is 73.1 Å². The average molecular weight is 1160 g/mol. The summed E-state index contributed by atoms with van der Waals surface area (Å²) < 4.78 is 11.1. The molecule has 436 valence electrons. The normalized spacial score (nSPS) is 14.6. The number of fused-ring (bicyclic) bond motifs is 6. The van der Waals surface area contributed by atoms with Gasteiger partial charge in [0.25, 0.3) is 0 Å². The Morgan fingerprint density at radius 3 is 1.62 bits per heavy atom. The molecule has 2 aliphatic carbocycles.